The molecule has 0 rings (SSSR count). The summed E-state index contributed by atoms with van der Waals surface area (Å²) >= 11 is 0. The molecule has 17 nitrogen and oxygen atoms in total. The zero-order valence-electron chi connectivity index (χ0n) is 63.0. The lowest BCUT2D eigenvalue weighted by molar-refractivity contribution is -0.161. The van der Waals surface area contributed by atoms with Gasteiger partial charge in [0.05, 0.1) is 26.4 Å². The van der Waals surface area contributed by atoms with Gasteiger partial charge in [-0.25, -0.2) is 9.13 Å². The molecule has 0 bridgehead atoms. The second-order valence-corrected chi connectivity index (χ2v) is 32.3. The Kier molecular flexibility index (Phi) is 65.0. The molecule has 0 aliphatic rings. The van der Waals surface area contributed by atoms with Crippen molar-refractivity contribution in [3.63, 3.8) is 0 Å². The van der Waals surface area contributed by atoms with E-state index in [4.69, 9.17) is 37.0 Å². The van der Waals surface area contributed by atoms with Crippen molar-refractivity contribution in [3.05, 3.63) is 0 Å². The van der Waals surface area contributed by atoms with Crippen LogP contribution in [-0.2, 0) is 65.4 Å². The van der Waals surface area contributed by atoms with Crippen molar-refractivity contribution < 1.29 is 80.2 Å². The zero-order valence-corrected chi connectivity index (χ0v) is 64.8. The third-order valence-electron chi connectivity index (χ3n) is 18.2. The number of aliphatic hydroxyl groups excluding tert-OH is 1. The Hall–Kier alpha value is -1.94. The first-order valence-electron chi connectivity index (χ1n) is 39.7. The van der Waals surface area contributed by atoms with Crippen molar-refractivity contribution in [1.82, 2.24) is 0 Å². The number of carbonyl (C=O) groups excluding carboxylic acids is 4. The summed E-state index contributed by atoms with van der Waals surface area (Å²) in [5, 5.41) is 10.6. The molecule has 4 unspecified atom stereocenters. The van der Waals surface area contributed by atoms with Crippen molar-refractivity contribution in [2.75, 3.05) is 39.6 Å². The molecule has 0 aliphatic carbocycles. The number of ether oxygens (including phenoxy) is 4. The Bertz CT molecular complexity index is 1890. The van der Waals surface area contributed by atoms with Crippen LogP contribution in [0.4, 0.5) is 0 Å². The maximum Gasteiger partial charge on any atom is 0.472 e. The van der Waals surface area contributed by atoms with E-state index in [9.17, 15) is 43.2 Å². The van der Waals surface area contributed by atoms with Crippen LogP contribution in [0.2, 0.25) is 0 Å². The van der Waals surface area contributed by atoms with Gasteiger partial charge in [-0.2, -0.15) is 0 Å². The number of aliphatic hydroxyl groups is 1. The van der Waals surface area contributed by atoms with E-state index in [0.717, 1.165) is 114 Å². The van der Waals surface area contributed by atoms with Gasteiger partial charge in [0.25, 0.3) is 0 Å². The van der Waals surface area contributed by atoms with Crippen molar-refractivity contribution >= 4 is 39.5 Å². The molecule has 0 heterocycles. The van der Waals surface area contributed by atoms with E-state index in [1.807, 2.05) is 0 Å². The van der Waals surface area contributed by atoms with Crippen molar-refractivity contribution in [2.24, 2.45) is 23.7 Å². The fourth-order valence-electron chi connectivity index (χ4n) is 11.7. The van der Waals surface area contributed by atoms with E-state index in [1.54, 1.807) is 0 Å². The normalized spacial score (nSPS) is 14.4. The molecule has 0 aromatic carbocycles. The largest absolute Gasteiger partial charge is 0.472 e. The highest BCUT2D eigenvalue weighted by atomic mass is 31.2. The summed E-state index contributed by atoms with van der Waals surface area (Å²) in [5.41, 5.74) is 0. The van der Waals surface area contributed by atoms with Crippen molar-refractivity contribution in [3.8, 4) is 0 Å². The summed E-state index contributed by atoms with van der Waals surface area (Å²) in [6.45, 7) is 14.2. The number of esters is 4. The average molecular weight is 1410 g/mol. The molecule has 6 atom stereocenters. The second-order valence-electron chi connectivity index (χ2n) is 29.4. The molecule has 0 aromatic heterocycles. The first kappa shape index (κ1) is 94.1. The number of phosphoric acid groups is 2. The van der Waals surface area contributed by atoms with Gasteiger partial charge in [0.1, 0.15) is 19.3 Å². The van der Waals surface area contributed by atoms with Crippen LogP contribution >= 0.6 is 15.6 Å². The van der Waals surface area contributed by atoms with Gasteiger partial charge < -0.3 is 33.8 Å². The topological polar surface area (TPSA) is 237 Å². The molecule has 0 radical (unpaired) electrons. The van der Waals surface area contributed by atoms with Crippen LogP contribution < -0.4 is 0 Å². The molecule has 19 heteroatoms. The molecule has 0 fully saturated rings. The molecule has 0 aliphatic heterocycles. The van der Waals surface area contributed by atoms with Gasteiger partial charge in [-0.05, 0) is 49.4 Å². The Morgan fingerprint density at radius 3 is 0.740 bits per heavy atom. The summed E-state index contributed by atoms with van der Waals surface area (Å²) in [6, 6.07) is 0. The van der Waals surface area contributed by atoms with Crippen LogP contribution in [0.15, 0.2) is 0 Å². The number of hydrogen-bond donors (Lipinski definition) is 3. The number of hydrogen-bond acceptors (Lipinski definition) is 15. The second kappa shape index (κ2) is 66.3. The van der Waals surface area contributed by atoms with Gasteiger partial charge in [-0.15, -0.1) is 0 Å². The van der Waals surface area contributed by atoms with Gasteiger partial charge in [0, 0.05) is 25.7 Å². The highest BCUT2D eigenvalue weighted by molar-refractivity contribution is 7.47. The maximum absolute atomic E-state index is 13.1. The number of carbonyl (C=O) groups is 4. The van der Waals surface area contributed by atoms with Crippen molar-refractivity contribution in [1.29, 1.82) is 0 Å². The number of unbranched alkanes of at least 4 members (excludes halogenated alkanes) is 39. The van der Waals surface area contributed by atoms with Crippen LogP contribution in [0, 0.1) is 23.7 Å². The summed E-state index contributed by atoms with van der Waals surface area (Å²) in [7, 11) is -9.91. The molecule has 96 heavy (non-hydrogen) atoms. The monoisotopic (exact) mass is 1410 g/mol. The minimum Gasteiger partial charge on any atom is -0.462 e. The van der Waals surface area contributed by atoms with Crippen LogP contribution in [0.1, 0.15) is 389 Å². The lowest BCUT2D eigenvalue weighted by Gasteiger charge is -2.21. The van der Waals surface area contributed by atoms with Crippen LogP contribution in [0.5, 0.6) is 0 Å². The molecule has 570 valence electrons. The third kappa shape index (κ3) is 69.2. The standard InChI is InChI=1S/C77H150O17P2/c1-9-70(8)56-48-40-32-23-19-15-11-13-16-20-24-33-41-49-57-74(79)87-63-72(94-77(82)60-52-44-35-27-26-30-38-46-54-68(4)5)65-91-95(83,84)89-61-71(78)62-90-96(85,86)92-66-73(64-88-75(80)58-50-42-36-28-31-39-47-55-69(6)7)93-76(81)59-51-43-34-25-21-17-12-10-14-18-22-29-37-45-53-67(2)3/h67-73,78H,9-66H2,1-8H3,(H,83,84)(H,85,86)/t70?,71?,72-,73-/m1/s1. The highest BCUT2D eigenvalue weighted by Gasteiger charge is 2.30. The summed E-state index contributed by atoms with van der Waals surface area (Å²) in [5.74, 6) is 0.947. The first-order valence-corrected chi connectivity index (χ1v) is 42.7. The van der Waals surface area contributed by atoms with Gasteiger partial charge >= 0.3 is 39.5 Å². The Labute approximate surface area is 588 Å². The van der Waals surface area contributed by atoms with E-state index < -0.39 is 97.5 Å². The predicted octanol–water partition coefficient (Wildman–Crippen LogP) is 22.4. The fourth-order valence-corrected chi connectivity index (χ4v) is 13.3. The van der Waals surface area contributed by atoms with E-state index in [-0.39, 0.29) is 25.7 Å². The SMILES string of the molecule is CCC(C)CCCCCCCCCCCCCCCCC(=O)OC[C@H](COP(=O)(O)OCC(O)COP(=O)(O)OC[C@@H](COC(=O)CCCCCCCCCC(C)C)OC(=O)CCCCCCCCCCCCCCCCC(C)C)OC(=O)CCCCCCCCCCC(C)C. The molecule has 3 N–H and O–H groups in total. The van der Waals surface area contributed by atoms with E-state index >= 15 is 0 Å². The number of phosphoric ester groups is 2. The summed E-state index contributed by atoms with van der Waals surface area (Å²) in [4.78, 5) is 72.8. The Balaban J connectivity index is 5.20. The Morgan fingerprint density at radius 1 is 0.292 bits per heavy atom. The van der Waals surface area contributed by atoms with Crippen molar-refractivity contribution in [2.45, 2.75) is 408 Å². The predicted molar refractivity (Wildman–Crippen MR) is 391 cm³/mol. The van der Waals surface area contributed by atoms with Gasteiger partial charge in [-0.1, -0.05) is 338 Å². The minimum absolute atomic E-state index is 0.104. The molecule has 0 saturated heterocycles. The highest BCUT2D eigenvalue weighted by Crippen LogP contribution is 2.45. The first-order chi connectivity index (χ1) is 46.1. The Morgan fingerprint density at radius 2 is 0.500 bits per heavy atom. The van der Waals surface area contributed by atoms with Gasteiger partial charge in [0.2, 0.25) is 0 Å². The lowest BCUT2D eigenvalue weighted by Crippen LogP contribution is -2.30. The zero-order chi connectivity index (χ0) is 71.0. The van der Waals surface area contributed by atoms with Crippen LogP contribution in [-0.4, -0.2) is 96.7 Å². The number of rotatable bonds is 74. The lowest BCUT2D eigenvalue weighted by atomic mass is 9.99. The maximum atomic E-state index is 13.1. The van der Waals surface area contributed by atoms with Crippen LogP contribution in [0.3, 0.4) is 0 Å². The summed E-state index contributed by atoms with van der Waals surface area (Å²) < 4.78 is 68.5. The minimum atomic E-state index is -4.96. The van der Waals surface area contributed by atoms with E-state index in [2.05, 4.69) is 55.4 Å². The van der Waals surface area contributed by atoms with Gasteiger partial charge in [0.15, 0.2) is 12.2 Å². The quantitative estimate of drug-likeness (QED) is 0.0222. The summed E-state index contributed by atoms with van der Waals surface area (Å²) in [6.07, 6.45) is 51.4. The fraction of sp³-hybridized carbons (Fsp3) is 0.948. The molecular formula is C77H150O17P2. The molecular weight excluding hydrogens is 1260 g/mol. The average Bonchev–Trinajstić information content (AvgIpc) is 1.09. The molecule has 0 saturated carbocycles. The molecule has 0 amide bonds. The van der Waals surface area contributed by atoms with E-state index in [0.29, 0.717) is 31.6 Å². The smallest absolute Gasteiger partial charge is 0.462 e. The molecule has 0 spiro atoms. The van der Waals surface area contributed by atoms with Gasteiger partial charge in [-0.3, -0.25) is 37.3 Å². The van der Waals surface area contributed by atoms with Crippen LogP contribution in [0.25, 0.3) is 0 Å². The van der Waals surface area contributed by atoms with E-state index in [1.165, 1.54) is 186 Å². The third-order valence-corrected chi connectivity index (χ3v) is 20.1. The molecule has 0 aromatic rings.